The normalized spacial score (nSPS) is 22.3. The minimum atomic E-state index is 0.315. The maximum atomic E-state index is 6.00. The molecule has 1 saturated heterocycles. The largest absolute Gasteiger partial charge is 0.329 e. The van der Waals surface area contributed by atoms with E-state index in [1.807, 2.05) is 10.9 Å². The molecule has 0 radical (unpaired) electrons. The summed E-state index contributed by atoms with van der Waals surface area (Å²) < 4.78 is 2.03. The zero-order valence-corrected chi connectivity index (χ0v) is 12.4. The molecule has 108 valence electrons. The molecule has 5 nitrogen and oxygen atoms in total. The van der Waals surface area contributed by atoms with E-state index in [2.05, 4.69) is 42.1 Å². The fourth-order valence-electron chi connectivity index (χ4n) is 2.87. The Balaban J connectivity index is 2.03. The lowest BCUT2D eigenvalue weighted by Crippen LogP contribution is -2.35. The third kappa shape index (κ3) is 3.35. The second-order valence-electron chi connectivity index (χ2n) is 5.69. The Morgan fingerprint density at radius 2 is 2.32 bits per heavy atom. The molecule has 19 heavy (non-hydrogen) atoms. The first kappa shape index (κ1) is 14.5. The minimum absolute atomic E-state index is 0.315. The van der Waals surface area contributed by atoms with Crippen molar-refractivity contribution in [1.82, 2.24) is 19.6 Å². The lowest BCUT2D eigenvalue weighted by molar-refractivity contribution is 0.220. The van der Waals surface area contributed by atoms with Crippen LogP contribution in [0.2, 0.25) is 0 Å². The van der Waals surface area contributed by atoms with Gasteiger partial charge < -0.3 is 10.6 Å². The van der Waals surface area contributed by atoms with Crippen LogP contribution in [0.25, 0.3) is 0 Å². The smallest absolute Gasteiger partial charge is 0.0538 e. The zero-order valence-electron chi connectivity index (χ0n) is 12.4. The van der Waals surface area contributed by atoms with Gasteiger partial charge in [-0.25, -0.2) is 0 Å². The van der Waals surface area contributed by atoms with Gasteiger partial charge in [0.05, 0.1) is 12.2 Å². The van der Waals surface area contributed by atoms with Crippen molar-refractivity contribution in [1.29, 1.82) is 0 Å². The number of hydrogen-bond acceptors (Lipinski definition) is 4. The summed E-state index contributed by atoms with van der Waals surface area (Å²) in [5, 5.41) is 4.42. The summed E-state index contributed by atoms with van der Waals surface area (Å²) in [6, 6.07) is 0.968. The fourth-order valence-corrected chi connectivity index (χ4v) is 2.87. The van der Waals surface area contributed by atoms with Crippen molar-refractivity contribution < 1.29 is 0 Å². The quantitative estimate of drug-likeness (QED) is 0.831. The van der Waals surface area contributed by atoms with Crippen LogP contribution in [0.15, 0.2) is 12.4 Å². The first-order valence-corrected chi connectivity index (χ1v) is 7.28. The van der Waals surface area contributed by atoms with Crippen molar-refractivity contribution in [2.45, 2.75) is 38.4 Å². The average molecular weight is 265 g/mol. The van der Waals surface area contributed by atoms with E-state index in [9.17, 15) is 0 Å². The van der Waals surface area contributed by atoms with E-state index >= 15 is 0 Å². The second kappa shape index (κ2) is 6.50. The van der Waals surface area contributed by atoms with Crippen LogP contribution in [0.1, 0.15) is 31.4 Å². The van der Waals surface area contributed by atoms with Crippen molar-refractivity contribution in [3.05, 3.63) is 18.0 Å². The molecular formula is C14H27N5. The van der Waals surface area contributed by atoms with Gasteiger partial charge in [0.1, 0.15) is 0 Å². The van der Waals surface area contributed by atoms with Crippen molar-refractivity contribution >= 4 is 0 Å². The van der Waals surface area contributed by atoms with E-state index in [-0.39, 0.29) is 0 Å². The van der Waals surface area contributed by atoms with Gasteiger partial charge in [-0.05, 0) is 26.9 Å². The molecule has 1 aliphatic rings. The monoisotopic (exact) mass is 265 g/mol. The molecular weight excluding hydrogens is 238 g/mol. The predicted molar refractivity (Wildman–Crippen MR) is 78.0 cm³/mol. The van der Waals surface area contributed by atoms with Gasteiger partial charge in [0.15, 0.2) is 0 Å². The third-order valence-electron chi connectivity index (χ3n) is 4.08. The van der Waals surface area contributed by atoms with Gasteiger partial charge in [-0.15, -0.1) is 0 Å². The van der Waals surface area contributed by atoms with Gasteiger partial charge in [-0.2, -0.15) is 5.10 Å². The van der Waals surface area contributed by atoms with Crippen LogP contribution in [0.4, 0.5) is 0 Å². The highest BCUT2D eigenvalue weighted by molar-refractivity contribution is 5.12. The van der Waals surface area contributed by atoms with Crippen LogP contribution >= 0.6 is 0 Å². The van der Waals surface area contributed by atoms with Gasteiger partial charge in [0.2, 0.25) is 0 Å². The summed E-state index contributed by atoms with van der Waals surface area (Å²) in [4.78, 5) is 4.81. The van der Waals surface area contributed by atoms with Gasteiger partial charge >= 0.3 is 0 Å². The Kier molecular flexibility index (Phi) is 4.96. The molecule has 0 aromatic carbocycles. The number of rotatable bonds is 6. The lowest BCUT2D eigenvalue weighted by Gasteiger charge is -2.27. The molecule has 0 saturated carbocycles. The number of nitrogens with two attached hydrogens (primary N) is 1. The van der Waals surface area contributed by atoms with E-state index in [4.69, 9.17) is 5.73 Å². The third-order valence-corrected chi connectivity index (χ3v) is 4.08. The van der Waals surface area contributed by atoms with Gasteiger partial charge in [-0.1, -0.05) is 6.92 Å². The molecule has 0 aliphatic carbocycles. The van der Waals surface area contributed by atoms with E-state index < -0.39 is 0 Å². The molecule has 5 heteroatoms. The standard InChI is InChI=1S/C14H27N5/c1-4-6-19-10-12(9-16-19)14(8-15)18-7-5-13(11-18)17(2)3/h9-10,13-14H,4-8,11,15H2,1-3H3. The first-order valence-electron chi connectivity index (χ1n) is 7.28. The van der Waals surface area contributed by atoms with Crippen molar-refractivity contribution in [2.75, 3.05) is 33.7 Å². The Labute approximate surface area is 116 Å². The molecule has 0 amide bonds. The molecule has 2 N–H and O–H groups in total. The number of hydrogen-bond donors (Lipinski definition) is 1. The highest BCUT2D eigenvalue weighted by atomic mass is 15.3. The number of nitrogens with zero attached hydrogens (tertiary/aromatic N) is 4. The summed E-state index contributed by atoms with van der Waals surface area (Å²) in [5.41, 5.74) is 7.26. The summed E-state index contributed by atoms with van der Waals surface area (Å²) in [6.07, 6.45) is 6.48. The lowest BCUT2D eigenvalue weighted by atomic mass is 10.1. The Bertz CT molecular complexity index is 387. The Hall–Kier alpha value is -0.910. The highest BCUT2D eigenvalue weighted by Crippen LogP contribution is 2.25. The van der Waals surface area contributed by atoms with Crippen LogP contribution in [0, 0.1) is 0 Å². The number of likely N-dealkylation sites (N-methyl/N-ethyl adjacent to an activating group) is 1. The van der Waals surface area contributed by atoms with E-state index in [1.165, 1.54) is 12.0 Å². The van der Waals surface area contributed by atoms with Gasteiger partial charge in [0, 0.05) is 44.0 Å². The van der Waals surface area contributed by atoms with Gasteiger partial charge in [0.25, 0.3) is 0 Å². The van der Waals surface area contributed by atoms with Crippen LogP contribution < -0.4 is 5.73 Å². The molecule has 1 aromatic rings. The van der Waals surface area contributed by atoms with E-state index in [0.717, 1.165) is 26.1 Å². The molecule has 2 rings (SSSR count). The zero-order chi connectivity index (χ0) is 13.8. The summed E-state index contributed by atoms with van der Waals surface area (Å²) in [7, 11) is 4.32. The topological polar surface area (TPSA) is 50.3 Å². The molecule has 2 atom stereocenters. The highest BCUT2D eigenvalue weighted by Gasteiger charge is 2.29. The fraction of sp³-hybridized carbons (Fsp3) is 0.786. The van der Waals surface area contributed by atoms with Crippen LogP contribution in [-0.4, -0.2) is 59.4 Å². The molecule has 1 aliphatic heterocycles. The maximum absolute atomic E-state index is 6.00. The first-order chi connectivity index (χ1) is 9.15. The minimum Gasteiger partial charge on any atom is -0.329 e. The van der Waals surface area contributed by atoms with Crippen molar-refractivity contribution in [2.24, 2.45) is 5.73 Å². The molecule has 1 aromatic heterocycles. The SMILES string of the molecule is CCCn1cc(C(CN)N2CCC(N(C)C)C2)cn1. The van der Waals surface area contributed by atoms with Gasteiger partial charge in [-0.3, -0.25) is 9.58 Å². The summed E-state index contributed by atoms with van der Waals surface area (Å²) in [5.74, 6) is 0. The van der Waals surface area contributed by atoms with E-state index in [1.54, 1.807) is 0 Å². The Morgan fingerprint density at radius 3 is 2.89 bits per heavy atom. The van der Waals surface area contributed by atoms with Crippen LogP contribution in [-0.2, 0) is 6.54 Å². The number of aromatic nitrogens is 2. The van der Waals surface area contributed by atoms with E-state index in [0.29, 0.717) is 18.6 Å². The molecule has 2 unspecified atom stereocenters. The Morgan fingerprint density at radius 1 is 1.53 bits per heavy atom. The summed E-state index contributed by atoms with van der Waals surface area (Å²) in [6.45, 7) is 6.05. The number of aryl methyl sites for hydroxylation is 1. The summed E-state index contributed by atoms with van der Waals surface area (Å²) >= 11 is 0. The maximum Gasteiger partial charge on any atom is 0.0538 e. The molecule has 0 bridgehead atoms. The van der Waals surface area contributed by atoms with Crippen molar-refractivity contribution in [3.63, 3.8) is 0 Å². The molecule has 1 fully saturated rings. The van der Waals surface area contributed by atoms with Crippen molar-refractivity contribution in [3.8, 4) is 0 Å². The second-order valence-corrected chi connectivity index (χ2v) is 5.69. The number of likely N-dealkylation sites (tertiary alicyclic amines) is 1. The molecule has 2 heterocycles. The van der Waals surface area contributed by atoms with Crippen LogP contribution in [0.5, 0.6) is 0 Å². The average Bonchev–Trinajstić information content (AvgIpc) is 3.01. The molecule has 0 spiro atoms. The predicted octanol–water partition coefficient (Wildman–Crippen LogP) is 0.929. The van der Waals surface area contributed by atoms with Crippen LogP contribution in [0.3, 0.4) is 0 Å².